The van der Waals surface area contributed by atoms with E-state index in [0.29, 0.717) is 22.9 Å². The highest BCUT2D eigenvalue weighted by Crippen LogP contribution is 2.24. The van der Waals surface area contributed by atoms with Crippen LogP contribution in [0.15, 0.2) is 18.2 Å². The summed E-state index contributed by atoms with van der Waals surface area (Å²) < 4.78 is 10.5. The van der Waals surface area contributed by atoms with Gasteiger partial charge >= 0.3 is 0 Å². The number of rotatable bonds is 9. The standard InChI is InChI=1S/C18H25ClN2O4/c1-24-17-5-3-14(19)13-15(17)16(22)4-6-18(23)20-7-2-8-21-9-11-25-12-10-21/h3,5,13H,2,4,6-12H2,1H3,(H,20,23). The number of hydrogen-bond donors (Lipinski definition) is 1. The van der Waals surface area contributed by atoms with Crippen LogP contribution < -0.4 is 10.1 Å². The number of carbonyl (C=O) groups excluding carboxylic acids is 2. The number of morpholine rings is 1. The van der Waals surface area contributed by atoms with E-state index in [1.807, 2.05) is 0 Å². The van der Waals surface area contributed by atoms with Crippen molar-refractivity contribution in [3.05, 3.63) is 28.8 Å². The van der Waals surface area contributed by atoms with E-state index >= 15 is 0 Å². The first-order valence-electron chi connectivity index (χ1n) is 8.53. The highest BCUT2D eigenvalue weighted by molar-refractivity contribution is 6.31. The molecular formula is C18H25ClN2O4. The van der Waals surface area contributed by atoms with E-state index in [1.54, 1.807) is 18.2 Å². The highest BCUT2D eigenvalue weighted by Gasteiger charge is 2.15. The Balaban J connectivity index is 1.67. The number of Topliss-reactive ketones (excluding diaryl/α,β-unsaturated/α-hetero) is 1. The topological polar surface area (TPSA) is 67.9 Å². The lowest BCUT2D eigenvalue weighted by atomic mass is 10.1. The molecule has 1 aliphatic rings. The smallest absolute Gasteiger partial charge is 0.220 e. The van der Waals surface area contributed by atoms with Crippen LogP contribution in [-0.2, 0) is 9.53 Å². The fourth-order valence-electron chi connectivity index (χ4n) is 2.70. The largest absolute Gasteiger partial charge is 0.496 e. The van der Waals surface area contributed by atoms with Gasteiger partial charge in [0.2, 0.25) is 5.91 Å². The normalized spacial score (nSPS) is 15.0. The molecule has 1 aliphatic heterocycles. The average molecular weight is 369 g/mol. The van der Waals surface area contributed by atoms with Crippen molar-refractivity contribution in [1.82, 2.24) is 10.2 Å². The minimum Gasteiger partial charge on any atom is -0.496 e. The third-order valence-electron chi connectivity index (χ3n) is 4.12. The predicted octanol–water partition coefficient (Wildman–Crippen LogP) is 2.15. The second kappa shape index (κ2) is 10.4. The monoisotopic (exact) mass is 368 g/mol. The second-order valence-corrected chi connectivity index (χ2v) is 6.36. The Morgan fingerprint density at radius 3 is 2.76 bits per heavy atom. The number of ketones is 1. The van der Waals surface area contributed by atoms with Crippen LogP contribution in [0.1, 0.15) is 29.6 Å². The summed E-state index contributed by atoms with van der Waals surface area (Å²) in [5.41, 5.74) is 0.412. The fourth-order valence-corrected chi connectivity index (χ4v) is 2.88. The lowest BCUT2D eigenvalue weighted by Gasteiger charge is -2.26. The van der Waals surface area contributed by atoms with Crippen LogP contribution in [-0.4, -0.2) is 63.1 Å². The van der Waals surface area contributed by atoms with E-state index in [9.17, 15) is 9.59 Å². The molecule has 1 N–H and O–H groups in total. The summed E-state index contributed by atoms with van der Waals surface area (Å²) in [6, 6.07) is 4.89. The quantitative estimate of drug-likeness (QED) is 0.534. The molecule has 1 saturated heterocycles. The molecular weight excluding hydrogens is 344 g/mol. The van der Waals surface area contributed by atoms with Crippen LogP contribution in [0, 0.1) is 0 Å². The molecule has 0 bridgehead atoms. The van der Waals surface area contributed by atoms with Crippen LogP contribution in [0.4, 0.5) is 0 Å². The molecule has 1 heterocycles. The summed E-state index contributed by atoms with van der Waals surface area (Å²) in [5.74, 6) is 0.208. The van der Waals surface area contributed by atoms with E-state index in [4.69, 9.17) is 21.1 Å². The van der Waals surface area contributed by atoms with Gasteiger partial charge in [-0.15, -0.1) is 0 Å². The minimum absolute atomic E-state index is 0.115. The Morgan fingerprint density at radius 1 is 1.28 bits per heavy atom. The van der Waals surface area contributed by atoms with Gasteiger partial charge in [0, 0.05) is 37.5 Å². The van der Waals surface area contributed by atoms with Crippen molar-refractivity contribution in [3.8, 4) is 5.75 Å². The Labute approximate surface area is 153 Å². The molecule has 0 atom stereocenters. The van der Waals surface area contributed by atoms with Crippen LogP contribution in [0.2, 0.25) is 5.02 Å². The zero-order valence-corrected chi connectivity index (χ0v) is 15.3. The van der Waals surface area contributed by atoms with Crippen molar-refractivity contribution in [2.24, 2.45) is 0 Å². The third-order valence-corrected chi connectivity index (χ3v) is 4.35. The maximum absolute atomic E-state index is 12.3. The number of carbonyl (C=O) groups is 2. The SMILES string of the molecule is COc1ccc(Cl)cc1C(=O)CCC(=O)NCCCN1CCOCC1. The van der Waals surface area contributed by atoms with Crippen molar-refractivity contribution in [1.29, 1.82) is 0 Å². The van der Waals surface area contributed by atoms with E-state index < -0.39 is 0 Å². The number of ether oxygens (including phenoxy) is 2. The van der Waals surface area contributed by atoms with Gasteiger partial charge in [0.1, 0.15) is 5.75 Å². The number of benzene rings is 1. The maximum Gasteiger partial charge on any atom is 0.220 e. The summed E-state index contributed by atoms with van der Waals surface area (Å²) in [6.45, 7) is 5.02. The van der Waals surface area contributed by atoms with E-state index in [-0.39, 0.29) is 24.5 Å². The third kappa shape index (κ3) is 6.65. The van der Waals surface area contributed by atoms with Gasteiger partial charge in [-0.05, 0) is 31.2 Å². The molecule has 1 aromatic rings. The lowest BCUT2D eigenvalue weighted by Crippen LogP contribution is -2.38. The van der Waals surface area contributed by atoms with Crippen molar-refractivity contribution in [2.45, 2.75) is 19.3 Å². The molecule has 0 aromatic heterocycles. The van der Waals surface area contributed by atoms with Crippen molar-refractivity contribution in [2.75, 3.05) is 46.5 Å². The number of nitrogens with one attached hydrogen (secondary N) is 1. The molecule has 7 heteroatoms. The highest BCUT2D eigenvalue weighted by atomic mass is 35.5. The summed E-state index contributed by atoms with van der Waals surface area (Å²) in [6.07, 6.45) is 1.18. The van der Waals surface area contributed by atoms with Gasteiger partial charge in [-0.2, -0.15) is 0 Å². The van der Waals surface area contributed by atoms with Crippen LogP contribution in [0.25, 0.3) is 0 Å². The number of hydrogen-bond acceptors (Lipinski definition) is 5. The van der Waals surface area contributed by atoms with Gasteiger partial charge in [-0.25, -0.2) is 0 Å². The second-order valence-electron chi connectivity index (χ2n) is 5.93. The van der Waals surface area contributed by atoms with Gasteiger partial charge in [0.05, 0.1) is 25.9 Å². The zero-order chi connectivity index (χ0) is 18.1. The van der Waals surface area contributed by atoms with Gasteiger partial charge in [-0.1, -0.05) is 11.6 Å². The number of methoxy groups -OCH3 is 1. The van der Waals surface area contributed by atoms with Crippen LogP contribution >= 0.6 is 11.6 Å². The van der Waals surface area contributed by atoms with Crippen molar-refractivity contribution in [3.63, 3.8) is 0 Å². The Kier molecular flexibility index (Phi) is 8.18. The summed E-state index contributed by atoms with van der Waals surface area (Å²) in [7, 11) is 1.50. The molecule has 25 heavy (non-hydrogen) atoms. The number of amides is 1. The predicted molar refractivity (Wildman–Crippen MR) is 96.5 cm³/mol. The van der Waals surface area contributed by atoms with Crippen LogP contribution in [0.3, 0.4) is 0 Å². The van der Waals surface area contributed by atoms with Crippen molar-refractivity contribution >= 4 is 23.3 Å². The van der Waals surface area contributed by atoms with E-state index in [1.165, 1.54) is 7.11 Å². The van der Waals surface area contributed by atoms with E-state index in [2.05, 4.69) is 10.2 Å². The molecule has 0 spiro atoms. The molecule has 0 radical (unpaired) electrons. The first-order chi connectivity index (χ1) is 12.1. The Hall–Kier alpha value is -1.63. The molecule has 0 unspecified atom stereocenters. The lowest BCUT2D eigenvalue weighted by molar-refractivity contribution is -0.121. The number of halogens is 1. The molecule has 0 saturated carbocycles. The van der Waals surface area contributed by atoms with Crippen LogP contribution in [0.5, 0.6) is 5.75 Å². The Morgan fingerprint density at radius 2 is 2.04 bits per heavy atom. The number of nitrogens with zero attached hydrogens (tertiary/aromatic N) is 1. The first-order valence-corrected chi connectivity index (χ1v) is 8.91. The van der Waals surface area contributed by atoms with Gasteiger partial charge in [0.25, 0.3) is 0 Å². The molecule has 6 nitrogen and oxygen atoms in total. The molecule has 0 aliphatic carbocycles. The van der Waals surface area contributed by atoms with Gasteiger partial charge in [-0.3, -0.25) is 14.5 Å². The Bertz CT molecular complexity index is 588. The van der Waals surface area contributed by atoms with Gasteiger partial charge < -0.3 is 14.8 Å². The maximum atomic E-state index is 12.3. The van der Waals surface area contributed by atoms with Crippen molar-refractivity contribution < 1.29 is 19.1 Å². The fraction of sp³-hybridized carbons (Fsp3) is 0.556. The molecule has 1 fully saturated rings. The average Bonchev–Trinajstić information content (AvgIpc) is 2.64. The molecule has 1 aromatic carbocycles. The summed E-state index contributed by atoms with van der Waals surface area (Å²) in [4.78, 5) is 26.5. The molecule has 138 valence electrons. The van der Waals surface area contributed by atoms with Gasteiger partial charge in [0.15, 0.2) is 5.78 Å². The zero-order valence-electron chi connectivity index (χ0n) is 14.6. The summed E-state index contributed by atoms with van der Waals surface area (Å²) in [5, 5.41) is 3.33. The first kappa shape index (κ1) is 19.7. The molecule has 2 rings (SSSR count). The van der Waals surface area contributed by atoms with E-state index in [0.717, 1.165) is 39.3 Å². The molecule has 1 amide bonds. The summed E-state index contributed by atoms with van der Waals surface area (Å²) >= 11 is 5.93. The minimum atomic E-state index is -0.150.